The molecule has 12 heteroatoms. The van der Waals surface area contributed by atoms with E-state index in [4.69, 9.17) is 0 Å². The summed E-state index contributed by atoms with van der Waals surface area (Å²) in [6.45, 7) is 7.61. The van der Waals surface area contributed by atoms with Gasteiger partial charge in [0.2, 0.25) is 0 Å². The largest absolute Gasteiger partial charge is 0.343 e. The van der Waals surface area contributed by atoms with E-state index in [2.05, 4.69) is 114 Å². The number of fused-ring (bicyclic) bond motifs is 3. The van der Waals surface area contributed by atoms with Crippen molar-refractivity contribution in [3.8, 4) is 0 Å². The molecule has 6 aromatic rings. The first kappa shape index (κ1) is 36.2. The van der Waals surface area contributed by atoms with Gasteiger partial charge in [0.25, 0.3) is 0 Å². The minimum absolute atomic E-state index is 0.775. The first-order valence-corrected chi connectivity index (χ1v) is 16.0. The van der Waals surface area contributed by atoms with Gasteiger partial charge in [0.1, 0.15) is 5.52 Å². The van der Waals surface area contributed by atoms with Gasteiger partial charge in [0.05, 0.1) is 30.0 Å². The average Bonchev–Trinajstić information content (AvgIpc) is 3.80. The zero-order valence-electron chi connectivity index (χ0n) is 28.7. The molecule has 0 aromatic carbocycles. The second-order valence-electron chi connectivity index (χ2n) is 11.8. The molecule has 0 radical (unpaired) electrons. The van der Waals surface area contributed by atoms with E-state index in [1.165, 1.54) is 19.4 Å². The van der Waals surface area contributed by atoms with E-state index in [9.17, 15) is 0 Å². The molecule has 0 atom stereocenters. The molecule has 0 saturated carbocycles. The number of aromatic amines is 1. The van der Waals surface area contributed by atoms with Gasteiger partial charge in [-0.2, -0.15) is 0 Å². The quantitative estimate of drug-likeness (QED) is 0.210. The number of aryl methyl sites for hydroxylation is 2. The Kier molecular flexibility index (Phi) is 15.7. The maximum absolute atomic E-state index is 4.33. The van der Waals surface area contributed by atoms with E-state index in [0.717, 1.165) is 72.5 Å². The van der Waals surface area contributed by atoms with Crippen molar-refractivity contribution in [1.82, 2.24) is 58.7 Å². The molecule has 0 unspecified atom stereocenters. The summed E-state index contributed by atoms with van der Waals surface area (Å²) in [4.78, 5) is 34.6. The Morgan fingerprint density at radius 3 is 1.85 bits per heavy atom. The van der Waals surface area contributed by atoms with Gasteiger partial charge in [-0.1, -0.05) is 13.3 Å². The number of rotatable bonds is 11. The Bertz CT molecular complexity index is 1540. The summed E-state index contributed by atoms with van der Waals surface area (Å²) in [5, 5.41) is 0. The molecule has 6 rings (SSSR count). The third-order valence-electron chi connectivity index (χ3n) is 6.93. The lowest BCUT2D eigenvalue weighted by atomic mass is 10.3. The molecule has 1 N–H and O–H groups in total. The third-order valence-corrected chi connectivity index (χ3v) is 6.93. The number of H-pyrrole nitrogens is 1. The molecule has 6 aromatic heterocycles. The second kappa shape index (κ2) is 20.0. The second-order valence-corrected chi connectivity index (χ2v) is 11.8. The van der Waals surface area contributed by atoms with Crippen molar-refractivity contribution in [2.45, 2.75) is 45.7 Å². The van der Waals surface area contributed by atoms with E-state index in [-0.39, 0.29) is 0 Å². The first-order chi connectivity index (χ1) is 22.3. The standard InChI is InChI=1S/2C11H16N4.C6H5N3.C6H15N/c1-14(2)7-4-8-15-9-13-11-10(15)5-3-6-12-11;1-14(2)7-4-8-15-9-13-10-5-3-6-12-11(10)15;1-2-5-6(7-3-1)9-4-8-5;1-4-5-6-7(2)3/h2*3,5-6,9H,4,7-8H2,1-2H3;1-4H,(H,7,8,9);4-6H2,1-3H3. The molecule has 12 nitrogen and oxygen atoms in total. The number of pyridine rings is 3. The Morgan fingerprint density at radius 2 is 1.20 bits per heavy atom. The fourth-order valence-electron chi connectivity index (χ4n) is 4.50. The van der Waals surface area contributed by atoms with Gasteiger partial charge in [0.15, 0.2) is 16.9 Å². The molecule has 46 heavy (non-hydrogen) atoms. The molecular weight excluding hydrogens is 576 g/mol. The van der Waals surface area contributed by atoms with Gasteiger partial charge < -0.3 is 28.8 Å². The number of imidazole rings is 3. The van der Waals surface area contributed by atoms with Crippen molar-refractivity contribution >= 4 is 33.5 Å². The maximum Gasteiger partial charge on any atom is 0.177 e. The summed E-state index contributed by atoms with van der Waals surface area (Å²) >= 11 is 0. The van der Waals surface area contributed by atoms with Gasteiger partial charge in [-0.15, -0.1) is 0 Å². The van der Waals surface area contributed by atoms with E-state index in [1.54, 1.807) is 18.7 Å². The molecule has 0 aliphatic heterocycles. The predicted octanol–water partition coefficient (Wildman–Crippen LogP) is 5.07. The number of hydrogen-bond donors (Lipinski definition) is 1. The van der Waals surface area contributed by atoms with E-state index in [0.29, 0.717) is 0 Å². The van der Waals surface area contributed by atoms with Crippen molar-refractivity contribution in [3.05, 3.63) is 74.0 Å². The van der Waals surface area contributed by atoms with Gasteiger partial charge in [-0.3, -0.25) is 0 Å². The van der Waals surface area contributed by atoms with Crippen molar-refractivity contribution in [2.75, 3.05) is 61.9 Å². The zero-order chi connectivity index (χ0) is 33.1. The van der Waals surface area contributed by atoms with Crippen LogP contribution in [-0.4, -0.2) is 121 Å². The number of aromatic nitrogens is 9. The highest BCUT2D eigenvalue weighted by Crippen LogP contribution is 2.10. The van der Waals surface area contributed by atoms with Crippen LogP contribution in [0.2, 0.25) is 0 Å². The van der Waals surface area contributed by atoms with Crippen LogP contribution in [0.3, 0.4) is 0 Å². The van der Waals surface area contributed by atoms with Crippen LogP contribution in [-0.2, 0) is 13.1 Å². The van der Waals surface area contributed by atoms with Gasteiger partial charge in [-0.25, -0.2) is 29.9 Å². The van der Waals surface area contributed by atoms with E-state index in [1.807, 2.05) is 49.2 Å². The third kappa shape index (κ3) is 12.6. The summed E-state index contributed by atoms with van der Waals surface area (Å²) in [7, 11) is 12.6. The van der Waals surface area contributed by atoms with Crippen molar-refractivity contribution in [1.29, 1.82) is 0 Å². The molecule has 0 bridgehead atoms. The summed E-state index contributed by atoms with van der Waals surface area (Å²) < 4.78 is 4.27. The summed E-state index contributed by atoms with van der Waals surface area (Å²) in [5.41, 5.74) is 5.67. The Balaban J connectivity index is 0.000000175. The lowest BCUT2D eigenvalue weighted by Gasteiger charge is -2.09. The highest BCUT2D eigenvalue weighted by atomic mass is 15.1. The van der Waals surface area contributed by atoms with Crippen LogP contribution in [0.5, 0.6) is 0 Å². The zero-order valence-corrected chi connectivity index (χ0v) is 28.7. The summed E-state index contributed by atoms with van der Waals surface area (Å²) in [6, 6.07) is 11.7. The SMILES string of the molecule is CCCCN(C)C.CN(C)CCCn1cnc2cccnc21.CN(C)CCCn1cnc2ncccc21.c1cnc2nc[nH]c2c1. The molecule has 248 valence electrons. The minimum atomic E-state index is 0.775. The molecular formula is C34H52N12. The first-order valence-electron chi connectivity index (χ1n) is 16.0. The van der Waals surface area contributed by atoms with E-state index < -0.39 is 0 Å². The fourth-order valence-corrected chi connectivity index (χ4v) is 4.50. The predicted molar refractivity (Wildman–Crippen MR) is 189 cm³/mol. The molecule has 0 amide bonds. The number of hydrogen-bond acceptors (Lipinski definition) is 9. The lowest BCUT2D eigenvalue weighted by molar-refractivity contribution is 0.387. The Hall–Kier alpha value is -4.26. The average molecular weight is 629 g/mol. The smallest absolute Gasteiger partial charge is 0.177 e. The van der Waals surface area contributed by atoms with Crippen molar-refractivity contribution < 1.29 is 0 Å². The van der Waals surface area contributed by atoms with Crippen LogP contribution >= 0.6 is 0 Å². The van der Waals surface area contributed by atoms with Crippen molar-refractivity contribution in [3.63, 3.8) is 0 Å². The summed E-state index contributed by atoms with van der Waals surface area (Å²) in [6.07, 6.45) is 15.6. The Morgan fingerprint density at radius 1 is 0.609 bits per heavy atom. The molecule has 6 heterocycles. The lowest BCUT2D eigenvalue weighted by Crippen LogP contribution is -2.14. The van der Waals surface area contributed by atoms with Gasteiger partial charge in [0, 0.05) is 31.7 Å². The van der Waals surface area contributed by atoms with Crippen LogP contribution in [0.4, 0.5) is 0 Å². The van der Waals surface area contributed by atoms with Crippen molar-refractivity contribution in [2.24, 2.45) is 0 Å². The number of unbranched alkanes of at least 4 members (excludes halogenated alkanes) is 1. The van der Waals surface area contributed by atoms with Crippen LogP contribution in [0, 0.1) is 0 Å². The summed E-state index contributed by atoms with van der Waals surface area (Å²) in [5.74, 6) is 0. The number of nitrogens with one attached hydrogen (secondary N) is 1. The normalized spacial score (nSPS) is 11.0. The highest BCUT2D eigenvalue weighted by molar-refractivity contribution is 5.70. The van der Waals surface area contributed by atoms with Crippen LogP contribution in [0.25, 0.3) is 33.5 Å². The monoisotopic (exact) mass is 628 g/mol. The molecule has 0 fully saturated rings. The van der Waals surface area contributed by atoms with Crippen LogP contribution < -0.4 is 0 Å². The molecule has 0 aliphatic carbocycles. The maximum atomic E-state index is 4.33. The highest BCUT2D eigenvalue weighted by Gasteiger charge is 2.03. The Labute approximate surface area is 273 Å². The van der Waals surface area contributed by atoms with E-state index >= 15 is 0 Å². The van der Waals surface area contributed by atoms with Gasteiger partial charge >= 0.3 is 0 Å². The fraction of sp³-hybridized carbons (Fsp3) is 0.471. The minimum Gasteiger partial charge on any atom is -0.343 e. The van der Waals surface area contributed by atoms with Crippen LogP contribution in [0.15, 0.2) is 74.0 Å². The van der Waals surface area contributed by atoms with Crippen LogP contribution in [0.1, 0.15) is 32.6 Å². The topological polar surface area (TPSA) is 113 Å². The molecule has 0 spiro atoms. The number of nitrogens with zero attached hydrogens (tertiary/aromatic N) is 11. The molecule has 0 aliphatic rings. The molecule has 0 saturated heterocycles. The van der Waals surface area contributed by atoms with Gasteiger partial charge in [-0.05, 0) is 118 Å².